The van der Waals surface area contributed by atoms with Gasteiger partial charge in [-0.25, -0.2) is 14.4 Å². The summed E-state index contributed by atoms with van der Waals surface area (Å²) in [5, 5.41) is 0.292. The summed E-state index contributed by atoms with van der Waals surface area (Å²) in [6.45, 7) is 2.49. The Labute approximate surface area is 160 Å². The number of nitrogens with one attached hydrogen (secondary N) is 1. The second-order valence-electron chi connectivity index (χ2n) is 6.23. The summed E-state index contributed by atoms with van der Waals surface area (Å²) in [4.78, 5) is 22.4. The fourth-order valence-electron chi connectivity index (χ4n) is 3.27. The molecule has 9 heteroatoms. The number of aromatic nitrogens is 5. The maximum absolute atomic E-state index is 14.1. The van der Waals surface area contributed by atoms with E-state index in [1.54, 1.807) is 6.33 Å². The van der Waals surface area contributed by atoms with E-state index in [0.29, 0.717) is 23.2 Å². The zero-order valence-corrected chi connectivity index (χ0v) is 15.3. The highest BCUT2D eigenvalue weighted by atomic mass is 35.5. The van der Waals surface area contributed by atoms with E-state index in [1.165, 1.54) is 30.6 Å². The molecule has 1 aliphatic heterocycles. The summed E-state index contributed by atoms with van der Waals surface area (Å²) in [6.07, 6.45) is 6.93. The van der Waals surface area contributed by atoms with Crippen LogP contribution in [0.2, 0.25) is 5.15 Å². The Morgan fingerprint density at radius 3 is 3.07 bits per heavy atom. The number of rotatable bonds is 3. The summed E-state index contributed by atoms with van der Waals surface area (Å²) in [5.41, 5.74) is 9.48. The number of hydrogen-bond acceptors (Lipinski definition) is 6. The Morgan fingerprint density at radius 2 is 2.26 bits per heavy atom. The van der Waals surface area contributed by atoms with Crippen LogP contribution in [0, 0.1) is 12.7 Å². The molecule has 1 atom stereocenters. The number of hydrogen-bond donors (Lipinski definition) is 2. The number of pyridine rings is 1. The lowest BCUT2D eigenvalue weighted by Gasteiger charge is -2.36. The largest absolute Gasteiger partial charge is 0.400 e. The monoisotopic (exact) mass is 385 g/mol. The predicted octanol–water partition coefficient (Wildman–Crippen LogP) is 2.80. The van der Waals surface area contributed by atoms with Gasteiger partial charge < -0.3 is 15.6 Å². The lowest BCUT2D eigenvalue weighted by atomic mass is 9.99. The van der Waals surface area contributed by atoms with Crippen LogP contribution in [0.25, 0.3) is 6.08 Å². The second-order valence-corrected chi connectivity index (χ2v) is 6.62. The Morgan fingerprint density at radius 1 is 1.41 bits per heavy atom. The van der Waals surface area contributed by atoms with Crippen LogP contribution < -0.4 is 10.6 Å². The minimum atomic E-state index is -0.441. The molecule has 0 saturated carbocycles. The molecule has 0 fully saturated rings. The lowest BCUT2D eigenvalue weighted by molar-refractivity contribution is 0.608. The predicted molar refractivity (Wildman–Crippen MR) is 101 cm³/mol. The van der Waals surface area contributed by atoms with Gasteiger partial charge in [0.15, 0.2) is 5.82 Å². The number of halogens is 2. The van der Waals surface area contributed by atoms with Gasteiger partial charge in [-0.15, -0.1) is 0 Å². The number of fused-ring (bicyclic) bond motifs is 1. The van der Waals surface area contributed by atoms with Crippen LogP contribution in [0.1, 0.15) is 28.8 Å². The van der Waals surface area contributed by atoms with Crippen LogP contribution in [0.4, 0.5) is 10.2 Å². The number of aryl methyl sites for hydroxylation is 1. The van der Waals surface area contributed by atoms with E-state index >= 15 is 0 Å². The zero-order chi connectivity index (χ0) is 19.0. The molecule has 0 aliphatic carbocycles. The van der Waals surface area contributed by atoms with Crippen molar-refractivity contribution in [3.05, 3.63) is 70.3 Å². The van der Waals surface area contributed by atoms with Crippen molar-refractivity contribution in [2.75, 3.05) is 11.4 Å². The van der Waals surface area contributed by atoms with Gasteiger partial charge in [-0.3, -0.25) is 9.97 Å². The summed E-state index contributed by atoms with van der Waals surface area (Å²) < 4.78 is 14.1. The zero-order valence-electron chi connectivity index (χ0n) is 14.5. The van der Waals surface area contributed by atoms with Crippen molar-refractivity contribution in [3.63, 3.8) is 0 Å². The van der Waals surface area contributed by atoms with Gasteiger partial charge in [0.05, 0.1) is 23.9 Å². The number of nitrogens with zero attached hydrogens (tertiary/aromatic N) is 5. The quantitative estimate of drug-likeness (QED) is 0.719. The van der Waals surface area contributed by atoms with Gasteiger partial charge in [0.2, 0.25) is 0 Å². The van der Waals surface area contributed by atoms with Gasteiger partial charge in [-0.1, -0.05) is 11.6 Å². The minimum Gasteiger partial charge on any atom is -0.400 e. The van der Waals surface area contributed by atoms with Crippen molar-refractivity contribution >= 4 is 23.5 Å². The Bertz CT molecular complexity index is 1020. The third kappa shape index (κ3) is 3.23. The standard InChI is InChI=1S/C18H17ClFN7/c1-10-18(26-15(19)8-23-10)27-6-4-13-16(25-9-24-13)17(27)12(21)7-14-11(20)3-2-5-22-14/h2-3,5,7-9,17H,4,6,21H2,1H3,(H,24,25)/b12-7-/t17-/m0/s1. The molecule has 0 aromatic carbocycles. The van der Waals surface area contributed by atoms with Crippen molar-refractivity contribution < 1.29 is 4.39 Å². The van der Waals surface area contributed by atoms with Crippen molar-refractivity contribution in [2.45, 2.75) is 19.4 Å². The summed E-state index contributed by atoms with van der Waals surface area (Å²) >= 11 is 6.07. The van der Waals surface area contributed by atoms with Crippen LogP contribution in [0.5, 0.6) is 0 Å². The molecule has 0 bridgehead atoms. The third-order valence-corrected chi connectivity index (χ3v) is 4.69. The molecule has 0 unspecified atom stereocenters. The molecule has 1 aliphatic rings. The lowest BCUT2D eigenvalue weighted by Crippen LogP contribution is -2.39. The van der Waals surface area contributed by atoms with Crippen LogP contribution in [0.15, 0.2) is 36.6 Å². The molecular weight excluding hydrogens is 369 g/mol. The second kappa shape index (κ2) is 6.96. The van der Waals surface area contributed by atoms with E-state index in [1.807, 2.05) is 11.8 Å². The Kier molecular flexibility index (Phi) is 4.49. The molecule has 0 amide bonds. The van der Waals surface area contributed by atoms with E-state index in [0.717, 1.165) is 23.5 Å². The molecule has 3 aromatic rings. The van der Waals surface area contributed by atoms with Crippen molar-refractivity contribution in [3.8, 4) is 0 Å². The first-order valence-electron chi connectivity index (χ1n) is 8.40. The minimum absolute atomic E-state index is 0.173. The van der Waals surface area contributed by atoms with E-state index in [2.05, 4.69) is 24.9 Å². The molecule has 4 heterocycles. The van der Waals surface area contributed by atoms with Gasteiger partial charge in [-0.05, 0) is 25.1 Å². The number of aromatic amines is 1. The average Bonchev–Trinajstić information content (AvgIpc) is 3.13. The molecule has 3 aromatic heterocycles. The fourth-order valence-corrected chi connectivity index (χ4v) is 3.40. The first-order chi connectivity index (χ1) is 13.0. The fraction of sp³-hybridized carbons (Fsp3) is 0.222. The average molecular weight is 386 g/mol. The first kappa shape index (κ1) is 17.4. The number of anilines is 1. The maximum Gasteiger partial charge on any atom is 0.152 e. The molecule has 0 radical (unpaired) electrons. The normalized spacial score (nSPS) is 17.1. The van der Waals surface area contributed by atoms with E-state index in [9.17, 15) is 4.39 Å². The van der Waals surface area contributed by atoms with Crippen LogP contribution in [0.3, 0.4) is 0 Å². The Balaban J connectivity index is 1.83. The topological polar surface area (TPSA) is 96.6 Å². The highest BCUT2D eigenvalue weighted by Crippen LogP contribution is 2.36. The number of nitrogens with two attached hydrogens (primary N) is 1. The SMILES string of the molecule is Cc1ncc(Cl)nc1N1CCc2[nH]cnc2[C@@H]1/C(N)=C/c1ncccc1F. The molecule has 7 nitrogen and oxygen atoms in total. The van der Waals surface area contributed by atoms with Gasteiger partial charge >= 0.3 is 0 Å². The number of H-pyrrole nitrogens is 1. The van der Waals surface area contributed by atoms with E-state index < -0.39 is 11.9 Å². The van der Waals surface area contributed by atoms with Crippen molar-refractivity contribution in [1.29, 1.82) is 0 Å². The molecule has 3 N–H and O–H groups in total. The Hall–Kier alpha value is -3.00. The van der Waals surface area contributed by atoms with Crippen LogP contribution >= 0.6 is 11.6 Å². The molecular formula is C18H17ClFN7. The summed E-state index contributed by atoms with van der Waals surface area (Å²) in [6, 6.07) is 2.44. The third-order valence-electron chi connectivity index (χ3n) is 4.50. The molecule has 27 heavy (non-hydrogen) atoms. The molecule has 4 rings (SSSR count). The summed E-state index contributed by atoms with van der Waals surface area (Å²) in [5.74, 6) is 0.183. The highest BCUT2D eigenvalue weighted by molar-refractivity contribution is 6.29. The van der Waals surface area contributed by atoms with Gasteiger partial charge in [-0.2, -0.15) is 0 Å². The molecule has 0 spiro atoms. The number of imidazole rings is 1. The van der Waals surface area contributed by atoms with E-state index in [4.69, 9.17) is 17.3 Å². The van der Waals surface area contributed by atoms with E-state index in [-0.39, 0.29) is 5.69 Å². The van der Waals surface area contributed by atoms with Gasteiger partial charge in [0, 0.05) is 30.6 Å². The highest BCUT2D eigenvalue weighted by Gasteiger charge is 2.33. The smallest absolute Gasteiger partial charge is 0.152 e. The van der Waals surface area contributed by atoms with Gasteiger partial charge in [0.25, 0.3) is 0 Å². The maximum atomic E-state index is 14.1. The molecule has 138 valence electrons. The molecule has 0 saturated heterocycles. The first-order valence-corrected chi connectivity index (χ1v) is 8.78. The summed E-state index contributed by atoms with van der Waals surface area (Å²) in [7, 11) is 0. The van der Waals surface area contributed by atoms with Crippen LogP contribution in [-0.4, -0.2) is 31.5 Å². The van der Waals surface area contributed by atoms with Crippen molar-refractivity contribution in [2.24, 2.45) is 5.73 Å². The van der Waals surface area contributed by atoms with Crippen molar-refractivity contribution in [1.82, 2.24) is 24.9 Å². The van der Waals surface area contributed by atoms with Gasteiger partial charge in [0.1, 0.15) is 22.7 Å². The van der Waals surface area contributed by atoms with Crippen LogP contribution in [-0.2, 0) is 6.42 Å².